The molecule has 3 aromatic carbocycles. The summed E-state index contributed by atoms with van der Waals surface area (Å²) < 4.78 is 2.50. The number of benzene rings is 3. The Labute approximate surface area is 300 Å². The Hall–Kier alpha value is -4.36. The molecule has 2 amide bonds. The minimum absolute atomic E-state index is 0.0229. The molecular formula is C38H42BrN7O4. The molecule has 3 aliphatic rings. The number of nitrogens with zero attached hydrogens (tertiary/aromatic N) is 6. The first-order chi connectivity index (χ1) is 24.2. The molecule has 3 aliphatic heterocycles. The van der Waals surface area contributed by atoms with Crippen molar-refractivity contribution in [3.63, 3.8) is 0 Å². The van der Waals surface area contributed by atoms with Crippen LogP contribution in [-0.2, 0) is 34.7 Å². The number of hydrogen-bond donors (Lipinski definition) is 3. The molecule has 50 heavy (non-hydrogen) atoms. The van der Waals surface area contributed by atoms with E-state index in [2.05, 4.69) is 48.6 Å². The number of fused-ring (bicyclic) bond motifs is 1. The number of carbonyl (C=O) groups excluding carboxylic acids is 2. The van der Waals surface area contributed by atoms with E-state index in [0.29, 0.717) is 37.3 Å². The van der Waals surface area contributed by atoms with Crippen LogP contribution in [0.5, 0.6) is 0 Å². The number of rotatable bonds is 11. The topological polar surface area (TPSA) is 127 Å². The molecule has 0 saturated carbocycles. The molecule has 12 heteroatoms. The number of nitrogens with one attached hydrogen (secondary N) is 1. The molecule has 7 rings (SSSR count). The molecule has 0 aliphatic carbocycles. The molecule has 0 unspecified atom stereocenters. The van der Waals surface area contributed by atoms with Crippen LogP contribution in [0.25, 0.3) is 0 Å². The summed E-state index contributed by atoms with van der Waals surface area (Å²) in [5, 5.41) is 32.8. The van der Waals surface area contributed by atoms with Gasteiger partial charge in [-0.15, -0.1) is 5.10 Å². The molecule has 3 N–H and O–H groups in total. The minimum atomic E-state index is -1.75. The van der Waals surface area contributed by atoms with E-state index in [9.17, 15) is 14.7 Å². The number of aliphatic hydroxyl groups excluding tert-OH is 1. The summed E-state index contributed by atoms with van der Waals surface area (Å²) in [6.45, 7) is 4.79. The maximum absolute atomic E-state index is 14.1. The molecule has 0 bridgehead atoms. The Morgan fingerprint density at radius 3 is 2.50 bits per heavy atom. The summed E-state index contributed by atoms with van der Waals surface area (Å²) in [5.74, 6) is -0.769. The van der Waals surface area contributed by atoms with Crippen molar-refractivity contribution >= 4 is 44.8 Å². The van der Waals surface area contributed by atoms with Gasteiger partial charge in [0.1, 0.15) is 5.54 Å². The van der Waals surface area contributed by atoms with Crippen LogP contribution < -0.4 is 20.0 Å². The fourth-order valence-electron chi connectivity index (χ4n) is 7.53. The van der Waals surface area contributed by atoms with Crippen molar-refractivity contribution in [2.24, 2.45) is 5.92 Å². The molecule has 4 heterocycles. The Balaban J connectivity index is 1.08. The number of halogens is 1. The van der Waals surface area contributed by atoms with Crippen LogP contribution >= 0.6 is 15.9 Å². The third-order valence-electron chi connectivity index (χ3n) is 10.3. The van der Waals surface area contributed by atoms with Crippen molar-refractivity contribution in [1.82, 2.24) is 20.3 Å². The molecule has 1 spiro atoms. The highest BCUT2D eigenvalue weighted by Crippen LogP contribution is 2.47. The van der Waals surface area contributed by atoms with Crippen LogP contribution in [0.15, 0.2) is 95.6 Å². The first-order valence-electron chi connectivity index (χ1n) is 17.2. The molecule has 260 valence electrons. The lowest BCUT2D eigenvalue weighted by Gasteiger charge is -2.39. The van der Waals surface area contributed by atoms with Crippen molar-refractivity contribution in [3.8, 4) is 0 Å². The lowest BCUT2D eigenvalue weighted by atomic mass is 9.83. The molecule has 2 fully saturated rings. The van der Waals surface area contributed by atoms with E-state index in [1.165, 1.54) is 0 Å². The van der Waals surface area contributed by atoms with E-state index in [0.717, 1.165) is 53.0 Å². The van der Waals surface area contributed by atoms with Crippen molar-refractivity contribution in [1.29, 1.82) is 0 Å². The number of allylic oxidation sites excluding steroid dienone is 1. The maximum Gasteiger partial charge on any atom is 0.264 e. The Morgan fingerprint density at radius 2 is 1.76 bits per heavy atom. The van der Waals surface area contributed by atoms with Gasteiger partial charge in [-0.25, -0.2) is 0 Å². The number of aryl methyl sites for hydroxylation is 1. The molecular weight excluding hydrogens is 698 g/mol. The standard InChI is InChI=1S/C38H42BrN7O4/c1-27(7-5-6-21-43-25-30(16-22-47)41-42-43)38(50)33-23-29(39)12-15-34(33)44(36(38)49)24-28-10-13-31(14-11-28)45-26-46(32-8-3-2-4-9-32)37(35(45)48)17-19-40-20-18-37/h2-5,7-15,23,25,27,40,47,50H,6,16-22,24,26H2,1H3/b7-5+/t27-,38+/m0/s1. The van der Waals surface area contributed by atoms with Crippen molar-refractivity contribution in [3.05, 3.63) is 112 Å². The minimum Gasteiger partial charge on any atom is -0.396 e. The first-order valence-corrected chi connectivity index (χ1v) is 18.0. The zero-order valence-electron chi connectivity index (χ0n) is 28.1. The number of amides is 2. The molecule has 0 radical (unpaired) electrons. The van der Waals surface area contributed by atoms with E-state index in [-0.39, 0.29) is 25.0 Å². The zero-order chi connectivity index (χ0) is 34.9. The lowest BCUT2D eigenvalue weighted by molar-refractivity contribution is -0.139. The van der Waals surface area contributed by atoms with E-state index in [4.69, 9.17) is 5.11 Å². The van der Waals surface area contributed by atoms with Crippen molar-refractivity contribution in [2.75, 3.05) is 41.1 Å². The van der Waals surface area contributed by atoms with Crippen LogP contribution in [0.3, 0.4) is 0 Å². The smallest absolute Gasteiger partial charge is 0.264 e. The number of piperidine rings is 1. The summed E-state index contributed by atoms with van der Waals surface area (Å²) in [6.07, 6.45) is 8.23. The van der Waals surface area contributed by atoms with Gasteiger partial charge in [-0.1, -0.05) is 70.6 Å². The van der Waals surface area contributed by atoms with Gasteiger partial charge in [0.05, 0.1) is 24.6 Å². The second kappa shape index (κ2) is 14.1. The fraction of sp³-hybridized carbons (Fsp3) is 0.368. The van der Waals surface area contributed by atoms with Crippen molar-refractivity contribution in [2.45, 2.75) is 56.8 Å². The fourth-order valence-corrected chi connectivity index (χ4v) is 7.89. The number of anilines is 3. The zero-order valence-corrected chi connectivity index (χ0v) is 29.7. The van der Waals surface area contributed by atoms with Crippen LogP contribution in [0, 0.1) is 5.92 Å². The summed E-state index contributed by atoms with van der Waals surface area (Å²) >= 11 is 3.54. The molecule has 1 aromatic heterocycles. The predicted molar refractivity (Wildman–Crippen MR) is 196 cm³/mol. The number of hydrogen-bond acceptors (Lipinski definition) is 8. The van der Waals surface area contributed by atoms with Crippen LogP contribution in [0.2, 0.25) is 0 Å². The Morgan fingerprint density at radius 1 is 1.00 bits per heavy atom. The summed E-state index contributed by atoms with van der Waals surface area (Å²) in [7, 11) is 0. The first kappa shape index (κ1) is 34.1. The monoisotopic (exact) mass is 739 g/mol. The Kier molecular flexibility index (Phi) is 9.62. The van der Waals surface area contributed by atoms with Gasteiger partial charge < -0.3 is 25.3 Å². The van der Waals surface area contributed by atoms with Gasteiger partial charge in [0, 0.05) is 53.1 Å². The number of aromatic nitrogens is 3. The summed E-state index contributed by atoms with van der Waals surface area (Å²) in [5.41, 5.74) is 2.38. The molecule has 2 saturated heterocycles. The SMILES string of the molecule is C[C@@H](/C=C/CCn1cc(CCO)nn1)[C@]1(O)C(=O)N(Cc2ccc(N3CN(c4ccccc4)C4(CCNCC4)C3=O)cc2)c2ccc(Br)cc21. The number of para-hydroxylation sites is 1. The Bertz CT molecular complexity index is 1880. The largest absolute Gasteiger partial charge is 0.396 e. The van der Waals surface area contributed by atoms with Gasteiger partial charge in [0.15, 0.2) is 5.60 Å². The third kappa shape index (κ3) is 6.14. The summed E-state index contributed by atoms with van der Waals surface area (Å²) in [4.78, 5) is 34.0. The maximum atomic E-state index is 14.1. The van der Waals surface area contributed by atoms with Gasteiger partial charge >= 0.3 is 0 Å². The lowest BCUT2D eigenvalue weighted by Crippen LogP contribution is -2.55. The van der Waals surface area contributed by atoms with E-state index < -0.39 is 17.1 Å². The highest BCUT2D eigenvalue weighted by Gasteiger charge is 2.54. The normalized spacial score (nSPS) is 20.8. The van der Waals surface area contributed by atoms with Gasteiger partial charge in [0.2, 0.25) is 0 Å². The van der Waals surface area contributed by atoms with Gasteiger partial charge in [-0.3, -0.25) is 19.2 Å². The van der Waals surface area contributed by atoms with Gasteiger partial charge in [0.25, 0.3) is 11.8 Å². The predicted octanol–water partition coefficient (Wildman–Crippen LogP) is 4.53. The van der Waals surface area contributed by atoms with Gasteiger partial charge in [-0.2, -0.15) is 0 Å². The van der Waals surface area contributed by atoms with Crippen molar-refractivity contribution < 1.29 is 19.8 Å². The van der Waals surface area contributed by atoms with E-state index in [1.807, 2.05) is 90.8 Å². The van der Waals surface area contributed by atoms with Crippen LogP contribution in [0.4, 0.5) is 17.1 Å². The second-order valence-corrected chi connectivity index (χ2v) is 14.3. The second-order valence-electron chi connectivity index (χ2n) is 13.4. The third-order valence-corrected chi connectivity index (χ3v) is 10.8. The molecule has 11 nitrogen and oxygen atoms in total. The summed E-state index contributed by atoms with van der Waals surface area (Å²) in [6, 6.07) is 23.6. The molecule has 4 aromatic rings. The van der Waals surface area contributed by atoms with E-state index in [1.54, 1.807) is 9.58 Å². The highest BCUT2D eigenvalue weighted by atomic mass is 79.9. The quantitative estimate of drug-likeness (QED) is 0.192. The number of carbonyl (C=O) groups is 2. The highest BCUT2D eigenvalue weighted by molar-refractivity contribution is 9.10. The van der Waals surface area contributed by atoms with Crippen LogP contribution in [-0.4, -0.2) is 68.9 Å². The van der Waals surface area contributed by atoms with Crippen LogP contribution in [0.1, 0.15) is 43.0 Å². The van der Waals surface area contributed by atoms with Gasteiger partial charge in [-0.05, 0) is 80.4 Å². The average molecular weight is 741 g/mol. The number of aliphatic hydroxyl groups is 2. The van der Waals surface area contributed by atoms with E-state index >= 15 is 0 Å². The molecule has 2 atom stereocenters. The average Bonchev–Trinajstić information content (AvgIpc) is 3.76.